The Morgan fingerprint density at radius 1 is 0.893 bits per heavy atom. The predicted octanol–water partition coefficient (Wildman–Crippen LogP) is 5.95. The van der Waals surface area contributed by atoms with Crippen molar-refractivity contribution in [3.8, 4) is 17.2 Å². The SMILES string of the molecule is CCCCOc1ccc(OCCCC)c(C=CC(=O)c2ccc(OC)cc2)c1. The molecule has 0 heterocycles. The van der Waals surface area contributed by atoms with Crippen LogP contribution in [0.1, 0.15) is 55.5 Å². The number of carbonyl (C=O) groups is 1. The van der Waals surface area contributed by atoms with Crippen molar-refractivity contribution in [2.45, 2.75) is 39.5 Å². The lowest BCUT2D eigenvalue weighted by Gasteiger charge is -2.12. The summed E-state index contributed by atoms with van der Waals surface area (Å²) in [4.78, 5) is 12.5. The van der Waals surface area contributed by atoms with Gasteiger partial charge in [-0.1, -0.05) is 26.7 Å². The smallest absolute Gasteiger partial charge is 0.185 e. The average molecular weight is 383 g/mol. The van der Waals surface area contributed by atoms with Crippen LogP contribution in [-0.4, -0.2) is 26.1 Å². The minimum Gasteiger partial charge on any atom is -0.497 e. The van der Waals surface area contributed by atoms with Gasteiger partial charge in [-0.2, -0.15) is 0 Å². The van der Waals surface area contributed by atoms with Gasteiger partial charge >= 0.3 is 0 Å². The van der Waals surface area contributed by atoms with Gasteiger partial charge in [0.1, 0.15) is 17.2 Å². The maximum Gasteiger partial charge on any atom is 0.185 e. The van der Waals surface area contributed by atoms with Gasteiger partial charge in [0.15, 0.2) is 5.78 Å². The topological polar surface area (TPSA) is 44.8 Å². The normalized spacial score (nSPS) is 10.8. The van der Waals surface area contributed by atoms with Crippen molar-refractivity contribution >= 4 is 11.9 Å². The molecule has 0 spiro atoms. The van der Waals surface area contributed by atoms with Crippen LogP contribution in [0, 0.1) is 0 Å². The van der Waals surface area contributed by atoms with Crippen molar-refractivity contribution < 1.29 is 19.0 Å². The first-order chi connectivity index (χ1) is 13.7. The van der Waals surface area contributed by atoms with Gasteiger partial charge in [-0.05, 0) is 67.5 Å². The van der Waals surface area contributed by atoms with Crippen molar-refractivity contribution in [1.82, 2.24) is 0 Å². The van der Waals surface area contributed by atoms with Crippen LogP contribution < -0.4 is 14.2 Å². The molecule has 2 aromatic carbocycles. The largest absolute Gasteiger partial charge is 0.497 e. The van der Waals surface area contributed by atoms with Crippen LogP contribution in [-0.2, 0) is 0 Å². The summed E-state index contributed by atoms with van der Waals surface area (Å²) in [7, 11) is 1.60. The van der Waals surface area contributed by atoms with E-state index >= 15 is 0 Å². The molecule has 4 heteroatoms. The third-order valence-corrected chi connectivity index (χ3v) is 4.29. The number of carbonyl (C=O) groups excluding carboxylic acids is 1. The zero-order valence-corrected chi connectivity index (χ0v) is 17.1. The molecule has 2 rings (SSSR count). The van der Waals surface area contributed by atoms with Crippen LogP contribution in [0.25, 0.3) is 6.08 Å². The van der Waals surface area contributed by atoms with E-state index in [1.165, 1.54) is 0 Å². The summed E-state index contributed by atoms with van der Waals surface area (Å²) in [6, 6.07) is 12.8. The summed E-state index contributed by atoms with van der Waals surface area (Å²) in [5, 5.41) is 0. The molecular formula is C24H30O4. The maximum absolute atomic E-state index is 12.5. The molecule has 4 nitrogen and oxygen atoms in total. The zero-order valence-electron chi connectivity index (χ0n) is 17.1. The van der Waals surface area contributed by atoms with Crippen LogP contribution in [0.4, 0.5) is 0 Å². The van der Waals surface area contributed by atoms with E-state index in [0.29, 0.717) is 18.8 Å². The van der Waals surface area contributed by atoms with E-state index in [0.717, 1.165) is 48.5 Å². The maximum atomic E-state index is 12.5. The van der Waals surface area contributed by atoms with E-state index in [1.807, 2.05) is 18.2 Å². The lowest BCUT2D eigenvalue weighted by molar-refractivity contribution is 0.104. The molecule has 0 aliphatic heterocycles. The van der Waals surface area contributed by atoms with Gasteiger partial charge in [0.25, 0.3) is 0 Å². The number of ether oxygens (including phenoxy) is 3. The molecule has 0 atom stereocenters. The summed E-state index contributed by atoms with van der Waals surface area (Å²) in [5.41, 5.74) is 1.45. The van der Waals surface area contributed by atoms with Crippen LogP contribution in [0.15, 0.2) is 48.5 Å². The number of unbranched alkanes of at least 4 members (excludes halogenated alkanes) is 2. The highest BCUT2D eigenvalue weighted by Gasteiger charge is 2.07. The number of hydrogen-bond acceptors (Lipinski definition) is 4. The van der Waals surface area contributed by atoms with E-state index in [-0.39, 0.29) is 5.78 Å². The molecule has 150 valence electrons. The van der Waals surface area contributed by atoms with Gasteiger partial charge in [-0.15, -0.1) is 0 Å². The molecule has 0 saturated carbocycles. The monoisotopic (exact) mass is 382 g/mol. The van der Waals surface area contributed by atoms with Gasteiger partial charge < -0.3 is 14.2 Å². The number of allylic oxidation sites excluding steroid dienone is 1. The Balaban J connectivity index is 2.16. The van der Waals surface area contributed by atoms with Crippen molar-refractivity contribution in [3.05, 3.63) is 59.7 Å². The lowest BCUT2D eigenvalue weighted by atomic mass is 10.1. The summed E-state index contributed by atoms with van der Waals surface area (Å²) in [6.07, 6.45) is 7.51. The second-order valence-electron chi connectivity index (χ2n) is 6.53. The second-order valence-corrected chi connectivity index (χ2v) is 6.53. The summed E-state index contributed by atoms with van der Waals surface area (Å²) in [6.45, 7) is 5.59. The van der Waals surface area contributed by atoms with Crippen molar-refractivity contribution in [1.29, 1.82) is 0 Å². The average Bonchev–Trinajstić information content (AvgIpc) is 2.73. The summed E-state index contributed by atoms with van der Waals surface area (Å²) < 4.78 is 16.8. The third-order valence-electron chi connectivity index (χ3n) is 4.29. The lowest BCUT2D eigenvalue weighted by Crippen LogP contribution is -2.01. The second kappa shape index (κ2) is 11.9. The summed E-state index contributed by atoms with van der Waals surface area (Å²) >= 11 is 0. The zero-order chi connectivity index (χ0) is 20.2. The quantitative estimate of drug-likeness (QED) is 0.258. The molecule has 0 saturated heterocycles. The van der Waals surface area contributed by atoms with Crippen LogP contribution in [0.2, 0.25) is 0 Å². The molecule has 0 aliphatic rings. The molecule has 0 bridgehead atoms. The first-order valence-corrected chi connectivity index (χ1v) is 9.94. The van der Waals surface area contributed by atoms with E-state index in [2.05, 4.69) is 13.8 Å². The highest BCUT2D eigenvalue weighted by molar-refractivity contribution is 6.07. The highest BCUT2D eigenvalue weighted by atomic mass is 16.5. The highest BCUT2D eigenvalue weighted by Crippen LogP contribution is 2.26. The Kier molecular flexibility index (Phi) is 9.13. The Morgan fingerprint density at radius 3 is 2.18 bits per heavy atom. The minimum absolute atomic E-state index is 0.0699. The first-order valence-electron chi connectivity index (χ1n) is 9.94. The Morgan fingerprint density at radius 2 is 1.54 bits per heavy atom. The fourth-order valence-corrected chi connectivity index (χ4v) is 2.56. The minimum atomic E-state index is -0.0699. The van der Waals surface area contributed by atoms with Gasteiger partial charge in [0, 0.05) is 11.1 Å². The van der Waals surface area contributed by atoms with Gasteiger partial charge in [-0.3, -0.25) is 4.79 Å². The van der Waals surface area contributed by atoms with Crippen LogP contribution in [0.3, 0.4) is 0 Å². The van der Waals surface area contributed by atoms with Crippen molar-refractivity contribution in [2.75, 3.05) is 20.3 Å². The third kappa shape index (κ3) is 6.76. The van der Waals surface area contributed by atoms with Crippen LogP contribution in [0.5, 0.6) is 17.2 Å². The molecule has 0 fully saturated rings. The predicted molar refractivity (Wildman–Crippen MR) is 114 cm³/mol. The van der Waals surface area contributed by atoms with E-state index in [4.69, 9.17) is 14.2 Å². The number of ketones is 1. The van der Waals surface area contributed by atoms with Gasteiger partial charge in [-0.25, -0.2) is 0 Å². The Bertz CT molecular complexity index is 763. The number of benzene rings is 2. The molecule has 0 aliphatic carbocycles. The van der Waals surface area contributed by atoms with Crippen molar-refractivity contribution in [2.24, 2.45) is 0 Å². The van der Waals surface area contributed by atoms with E-state index in [9.17, 15) is 4.79 Å². The molecule has 0 radical (unpaired) electrons. The number of rotatable bonds is 12. The molecule has 2 aromatic rings. The summed E-state index contributed by atoms with van der Waals surface area (Å²) in [5.74, 6) is 2.20. The van der Waals surface area contributed by atoms with Crippen LogP contribution >= 0.6 is 0 Å². The molecule has 0 aromatic heterocycles. The molecule has 0 amide bonds. The molecule has 0 unspecified atom stereocenters. The number of hydrogen-bond donors (Lipinski definition) is 0. The first kappa shape index (κ1) is 21.5. The Hall–Kier alpha value is -2.75. The standard InChI is InChI=1S/C24H30O4/c1-4-6-16-27-22-13-15-24(28-17-7-5-2)20(18-22)10-14-23(25)19-8-11-21(26-3)12-9-19/h8-15,18H,4-7,16-17H2,1-3H3. The number of methoxy groups -OCH3 is 1. The molecule has 28 heavy (non-hydrogen) atoms. The molecule has 0 N–H and O–H groups in total. The fraction of sp³-hybridized carbons (Fsp3) is 0.375. The fourth-order valence-electron chi connectivity index (χ4n) is 2.56. The Labute approximate surface area is 168 Å². The van der Waals surface area contributed by atoms with Crippen molar-refractivity contribution in [3.63, 3.8) is 0 Å². The van der Waals surface area contributed by atoms with Gasteiger partial charge in [0.2, 0.25) is 0 Å². The van der Waals surface area contributed by atoms with E-state index in [1.54, 1.807) is 43.5 Å². The van der Waals surface area contributed by atoms with Gasteiger partial charge in [0.05, 0.1) is 20.3 Å². The molecular weight excluding hydrogens is 352 g/mol. The van der Waals surface area contributed by atoms with E-state index < -0.39 is 0 Å².